The molecule has 13 heteroatoms. The van der Waals surface area contributed by atoms with Crippen LogP contribution in [0.2, 0.25) is 5.02 Å². The minimum absolute atomic E-state index is 0.126. The molecule has 0 bridgehead atoms. The van der Waals surface area contributed by atoms with Crippen molar-refractivity contribution >= 4 is 55.8 Å². The Morgan fingerprint density at radius 1 is 1.19 bits per heavy atom. The number of piperazine rings is 1. The van der Waals surface area contributed by atoms with Crippen LogP contribution in [-0.4, -0.2) is 74.3 Å². The summed E-state index contributed by atoms with van der Waals surface area (Å²) >= 11 is 7.67. The van der Waals surface area contributed by atoms with Crippen molar-refractivity contribution in [3.8, 4) is 22.9 Å². The van der Waals surface area contributed by atoms with Gasteiger partial charge in [0, 0.05) is 59.9 Å². The molecule has 1 saturated carbocycles. The zero-order valence-electron chi connectivity index (χ0n) is 26.2. The van der Waals surface area contributed by atoms with Gasteiger partial charge in [0.15, 0.2) is 0 Å². The van der Waals surface area contributed by atoms with E-state index in [4.69, 9.17) is 16.3 Å². The zero-order chi connectivity index (χ0) is 33.0. The third-order valence-corrected chi connectivity index (χ3v) is 10.5. The van der Waals surface area contributed by atoms with Crippen LogP contribution in [0.5, 0.6) is 5.75 Å². The van der Waals surface area contributed by atoms with E-state index in [1.807, 2.05) is 0 Å². The smallest absolute Gasteiger partial charge is 0.338 e. The van der Waals surface area contributed by atoms with Crippen LogP contribution in [-0.2, 0) is 6.54 Å². The van der Waals surface area contributed by atoms with Crippen LogP contribution in [0.4, 0.5) is 5.82 Å². The lowest BCUT2D eigenvalue weighted by Gasteiger charge is -2.36. The highest BCUT2D eigenvalue weighted by Crippen LogP contribution is 2.48. The first-order valence-corrected chi connectivity index (χ1v) is 16.6. The van der Waals surface area contributed by atoms with E-state index in [-0.39, 0.29) is 35.2 Å². The number of aromatic nitrogens is 4. The minimum atomic E-state index is -1.05. The average molecular weight is 670 g/mol. The lowest BCUT2D eigenvalue weighted by atomic mass is 10.0. The maximum Gasteiger partial charge on any atom is 0.338 e. The molecule has 11 nitrogen and oxygen atoms in total. The first-order chi connectivity index (χ1) is 22.6. The number of carboxylic acid groups (broad SMARTS) is 1. The first kappa shape index (κ1) is 31.1. The monoisotopic (exact) mass is 669 g/mol. The molecule has 7 rings (SSSR count). The van der Waals surface area contributed by atoms with E-state index < -0.39 is 5.97 Å². The Hall–Kier alpha value is -4.57. The summed E-state index contributed by atoms with van der Waals surface area (Å²) in [6, 6.07) is 9.89. The minimum Gasteiger partial charge on any atom is -0.491 e. The number of aromatic carboxylic acids is 1. The maximum absolute atomic E-state index is 14.0. The summed E-state index contributed by atoms with van der Waals surface area (Å²) in [5, 5.41) is 22.2. The molecule has 47 heavy (non-hydrogen) atoms. The van der Waals surface area contributed by atoms with Gasteiger partial charge >= 0.3 is 5.97 Å². The molecule has 0 radical (unpaired) electrons. The number of ether oxygens (including phenoxy) is 1. The van der Waals surface area contributed by atoms with Gasteiger partial charge in [-0.2, -0.15) is 5.26 Å². The molecule has 1 aliphatic heterocycles. The highest BCUT2D eigenvalue weighted by atomic mass is 35.5. The molecule has 1 aromatic carbocycles. The number of hydrogen-bond donors (Lipinski definition) is 1. The number of thiophene rings is 1. The third kappa shape index (κ3) is 5.58. The molecule has 1 saturated heterocycles. The predicted octanol–water partition coefficient (Wildman–Crippen LogP) is 5.60. The van der Waals surface area contributed by atoms with Gasteiger partial charge in [0.2, 0.25) is 0 Å². The number of anilines is 1. The van der Waals surface area contributed by atoms with E-state index in [1.54, 1.807) is 49.0 Å². The van der Waals surface area contributed by atoms with Crippen molar-refractivity contribution in [2.45, 2.75) is 39.8 Å². The Kier molecular flexibility index (Phi) is 7.86. The molecule has 1 N–H and O–H groups in total. The third-order valence-electron chi connectivity index (χ3n) is 9.29. The molecule has 5 heterocycles. The largest absolute Gasteiger partial charge is 0.491 e. The molecule has 1 atom stereocenters. The van der Waals surface area contributed by atoms with E-state index in [2.05, 4.69) is 44.7 Å². The zero-order valence-corrected chi connectivity index (χ0v) is 27.7. The fourth-order valence-electron chi connectivity index (χ4n) is 6.61. The number of hydrogen-bond acceptors (Lipinski definition) is 10. The molecule has 0 spiro atoms. The number of aryl methyl sites for hydroxylation is 1. The Morgan fingerprint density at radius 3 is 2.66 bits per heavy atom. The van der Waals surface area contributed by atoms with Crippen LogP contribution in [0.1, 0.15) is 42.0 Å². The van der Waals surface area contributed by atoms with Gasteiger partial charge in [-0.25, -0.2) is 14.8 Å². The van der Waals surface area contributed by atoms with E-state index >= 15 is 0 Å². The summed E-state index contributed by atoms with van der Waals surface area (Å²) in [7, 11) is 0. The Balaban J connectivity index is 1.15. The van der Waals surface area contributed by atoms with Crippen molar-refractivity contribution in [1.29, 1.82) is 5.26 Å². The number of rotatable bonds is 8. The normalized spacial score (nSPS) is 17.6. The molecule has 0 amide bonds. The van der Waals surface area contributed by atoms with Gasteiger partial charge in [0.1, 0.15) is 35.6 Å². The van der Waals surface area contributed by atoms with Gasteiger partial charge in [-0.1, -0.05) is 25.4 Å². The van der Waals surface area contributed by atoms with Crippen molar-refractivity contribution in [1.82, 2.24) is 24.4 Å². The van der Waals surface area contributed by atoms with Crippen molar-refractivity contribution < 1.29 is 14.6 Å². The molecule has 2 fully saturated rings. The summed E-state index contributed by atoms with van der Waals surface area (Å²) < 4.78 is 8.46. The summed E-state index contributed by atoms with van der Waals surface area (Å²) in [4.78, 5) is 43.8. The number of nitrogens with zero attached hydrogens (tertiary/aromatic N) is 7. The molecule has 5 aromatic rings. The molecule has 2 aliphatic rings. The van der Waals surface area contributed by atoms with Crippen molar-refractivity contribution in [2.24, 2.45) is 5.41 Å². The summed E-state index contributed by atoms with van der Waals surface area (Å²) in [6.45, 7) is 9.89. The second-order valence-corrected chi connectivity index (χ2v) is 14.0. The fraction of sp³-hybridized carbons (Fsp3) is 0.353. The summed E-state index contributed by atoms with van der Waals surface area (Å²) in [5.41, 5.74) is 2.62. The van der Waals surface area contributed by atoms with Gasteiger partial charge in [-0.05, 0) is 43.0 Å². The highest BCUT2D eigenvalue weighted by molar-refractivity contribution is 7.18. The van der Waals surface area contributed by atoms with E-state index in [0.717, 1.165) is 31.7 Å². The van der Waals surface area contributed by atoms with Crippen LogP contribution >= 0.6 is 22.9 Å². The van der Waals surface area contributed by atoms with E-state index in [0.29, 0.717) is 55.2 Å². The Bertz CT molecular complexity index is 2160. The van der Waals surface area contributed by atoms with Crippen LogP contribution in [0.3, 0.4) is 0 Å². The molecule has 240 valence electrons. The second kappa shape index (κ2) is 11.9. The first-order valence-electron chi connectivity index (χ1n) is 15.4. The number of nitriles is 1. The van der Waals surface area contributed by atoms with Gasteiger partial charge in [0.25, 0.3) is 5.56 Å². The average Bonchev–Trinajstić information content (AvgIpc) is 3.47. The number of carbonyl (C=O) groups is 1. The van der Waals surface area contributed by atoms with Gasteiger partial charge in [-0.3, -0.25) is 19.2 Å². The second-order valence-electron chi connectivity index (χ2n) is 12.7. The quantitative estimate of drug-likeness (QED) is 0.222. The number of halogens is 1. The van der Waals surface area contributed by atoms with Gasteiger partial charge in [-0.15, -0.1) is 11.3 Å². The molecule has 1 aliphatic carbocycles. The van der Waals surface area contributed by atoms with Crippen molar-refractivity contribution in [2.75, 3.05) is 37.7 Å². The Labute approximate surface area is 279 Å². The molecule has 4 aromatic heterocycles. The molecule has 1 unspecified atom stereocenters. The van der Waals surface area contributed by atoms with Crippen LogP contribution in [0.25, 0.3) is 32.2 Å². The Morgan fingerprint density at radius 2 is 1.96 bits per heavy atom. The predicted molar refractivity (Wildman–Crippen MR) is 182 cm³/mol. The number of carboxylic acids is 1. The van der Waals surface area contributed by atoms with Gasteiger partial charge < -0.3 is 14.7 Å². The number of pyridine rings is 2. The van der Waals surface area contributed by atoms with Crippen LogP contribution in [0.15, 0.2) is 46.8 Å². The van der Waals surface area contributed by atoms with Crippen LogP contribution < -0.4 is 15.2 Å². The van der Waals surface area contributed by atoms with Crippen molar-refractivity contribution in [3.05, 3.63) is 74.4 Å². The van der Waals surface area contributed by atoms with E-state index in [9.17, 15) is 20.0 Å². The number of fused-ring (bicyclic) bond motifs is 2. The lowest BCUT2D eigenvalue weighted by Crippen LogP contribution is -2.48. The summed E-state index contributed by atoms with van der Waals surface area (Å²) in [5.74, 6) is 0.479. The summed E-state index contributed by atoms with van der Waals surface area (Å²) in [6.07, 6.45) is 4.36. The highest BCUT2D eigenvalue weighted by Gasteiger charge is 2.49. The number of benzene rings is 1. The molecular formula is C34H32ClN7O4S. The van der Waals surface area contributed by atoms with Crippen LogP contribution in [0, 0.1) is 23.7 Å². The standard InChI is InChI=1S/C34H32ClN7O4S/c1-19-39-25-17-38-31(41-10-8-40(9-11-41)27-15-34(27,2)3)23(16-36)28(25)32(43)42(19)12-13-46-26-5-4-20(35)14-22(26)21-6-7-37-29-24(33(44)45)18-47-30(21)29/h4-7,14,17-18,27H,8-13,15H2,1-3H3,(H,44,45). The van der Waals surface area contributed by atoms with E-state index in [1.165, 1.54) is 22.3 Å². The SMILES string of the molecule is Cc1nc2cnc(N3CCN(C4CC4(C)C)CC3)c(C#N)c2c(=O)n1CCOc1ccc(Cl)cc1-c1ccnc2c(C(=O)O)csc12. The van der Waals surface area contributed by atoms with Crippen molar-refractivity contribution in [3.63, 3.8) is 0 Å². The fourth-order valence-corrected chi connectivity index (χ4v) is 7.81. The molecular weight excluding hydrogens is 638 g/mol. The van der Waals surface area contributed by atoms with Gasteiger partial charge in [0.05, 0.1) is 39.4 Å². The lowest BCUT2D eigenvalue weighted by molar-refractivity contribution is 0.0699. The maximum atomic E-state index is 14.0. The topological polar surface area (TPSA) is 137 Å².